The second kappa shape index (κ2) is 10.9. The van der Waals surface area contributed by atoms with E-state index in [2.05, 4.69) is 15.1 Å². The van der Waals surface area contributed by atoms with Crippen molar-refractivity contribution in [2.45, 2.75) is 13.0 Å². The van der Waals surface area contributed by atoms with Gasteiger partial charge >= 0.3 is 0 Å². The summed E-state index contributed by atoms with van der Waals surface area (Å²) >= 11 is 12.1. The SMILES string of the molecule is COc1ccc(OC)c(CN2CCN(CCC(=O)Nc3cc(Cl)ccc3Cl)CC2)c1. The molecule has 0 bridgehead atoms. The minimum atomic E-state index is -0.0669. The molecule has 3 rings (SSSR count). The normalized spacial score (nSPS) is 15.1. The number of carbonyl (C=O) groups is 1. The van der Waals surface area contributed by atoms with Crippen LogP contribution in [0, 0.1) is 0 Å². The molecule has 1 aliphatic heterocycles. The molecular formula is C22H27Cl2N3O3. The van der Waals surface area contributed by atoms with Gasteiger partial charge < -0.3 is 19.7 Å². The highest BCUT2D eigenvalue weighted by Gasteiger charge is 2.19. The van der Waals surface area contributed by atoms with Gasteiger partial charge in [-0.2, -0.15) is 0 Å². The van der Waals surface area contributed by atoms with E-state index >= 15 is 0 Å². The highest BCUT2D eigenvalue weighted by Crippen LogP contribution is 2.26. The summed E-state index contributed by atoms with van der Waals surface area (Å²) < 4.78 is 10.8. The summed E-state index contributed by atoms with van der Waals surface area (Å²) in [5.41, 5.74) is 1.66. The Balaban J connectivity index is 1.45. The minimum Gasteiger partial charge on any atom is -0.497 e. The summed E-state index contributed by atoms with van der Waals surface area (Å²) in [5, 5.41) is 3.86. The van der Waals surface area contributed by atoms with Crippen molar-refractivity contribution in [2.24, 2.45) is 0 Å². The maximum Gasteiger partial charge on any atom is 0.225 e. The standard InChI is InChI=1S/C22H27Cl2N3O3/c1-29-18-4-6-21(30-2)16(13-18)15-27-11-9-26(10-12-27)8-7-22(28)25-20-14-17(23)3-5-19(20)24/h3-6,13-14H,7-12,15H2,1-2H3,(H,25,28). The third-order valence-electron chi connectivity index (χ3n) is 5.20. The number of rotatable bonds is 8. The molecule has 0 aromatic heterocycles. The highest BCUT2D eigenvalue weighted by atomic mass is 35.5. The lowest BCUT2D eigenvalue weighted by molar-refractivity contribution is -0.116. The van der Waals surface area contributed by atoms with Gasteiger partial charge in [0.05, 0.1) is 24.9 Å². The van der Waals surface area contributed by atoms with Crippen LogP contribution in [-0.4, -0.2) is 62.7 Å². The Labute approximate surface area is 187 Å². The van der Waals surface area contributed by atoms with Crippen LogP contribution in [0.2, 0.25) is 10.0 Å². The number of piperazine rings is 1. The van der Waals surface area contributed by atoms with Crippen LogP contribution >= 0.6 is 23.2 Å². The molecular weight excluding hydrogens is 425 g/mol. The Morgan fingerprint density at radius 1 is 1.00 bits per heavy atom. The average Bonchev–Trinajstić information content (AvgIpc) is 2.75. The zero-order chi connectivity index (χ0) is 21.5. The number of anilines is 1. The predicted octanol–water partition coefficient (Wildman–Crippen LogP) is 4.16. The van der Waals surface area contributed by atoms with Crippen LogP contribution in [0.5, 0.6) is 11.5 Å². The molecule has 1 fully saturated rings. The molecule has 1 aliphatic rings. The Kier molecular flexibility index (Phi) is 8.22. The Morgan fingerprint density at radius 3 is 2.43 bits per heavy atom. The number of halogens is 2. The summed E-state index contributed by atoms with van der Waals surface area (Å²) in [6.45, 7) is 5.21. The first-order valence-corrected chi connectivity index (χ1v) is 10.6. The lowest BCUT2D eigenvalue weighted by Gasteiger charge is -2.34. The highest BCUT2D eigenvalue weighted by molar-refractivity contribution is 6.35. The molecule has 2 aromatic rings. The summed E-state index contributed by atoms with van der Waals surface area (Å²) in [7, 11) is 3.35. The molecule has 1 N–H and O–H groups in total. The Hall–Kier alpha value is -1.99. The number of hydrogen-bond acceptors (Lipinski definition) is 5. The van der Waals surface area contributed by atoms with Gasteiger partial charge in [-0.05, 0) is 36.4 Å². The van der Waals surface area contributed by atoms with Gasteiger partial charge in [-0.3, -0.25) is 9.69 Å². The fourth-order valence-electron chi connectivity index (χ4n) is 3.48. The molecule has 2 aromatic carbocycles. The van der Waals surface area contributed by atoms with Gasteiger partial charge in [-0.15, -0.1) is 0 Å². The van der Waals surface area contributed by atoms with Crippen LogP contribution in [0.3, 0.4) is 0 Å². The van der Waals surface area contributed by atoms with E-state index in [9.17, 15) is 4.79 Å². The molecule has 0 spiro atoms. The van der Waals surface area contributed by atoms with E-state index in [1.54, 1.807) is 32.4 Å². The van der Waals surface area contributed by atoms with Crippen LogP contribution in [0.15, 0.2) is 36.4 Å². The first-order valence-electron chi connectivity index (χ1n) is 9.89. The minimum absolute atomic E-state index is 0.0669. The number of methoxy groups -OCH3 is 2. The van der Waals surface area contributed by atoms with E-state index in [4.69, 9.17) is 32.7 Å². The molecule has 8 heteroatoms. The van der Waals surface area contributed by atoms with E-state index in [0.717, 1.165) is 49.8 Å². The smallest absolute Gasteiger partial charge is 0.225 e. The number of nitrogens with zero attached hydrogens (tertiary/aromatic N) is 2. The van der Waals surface area contributed by atoms with E-state index in [1.165, 1.54) is 0 Å². The summed E-state index contributed by atoms with van der Waals surface area (Å²) in [4.78, 5) is 17.0. The molecule has 162 valence electrons. The lowest BCUT2D eigenvalue weighted by atomic mass is 10.1. The number of nitrogens with one attached hydrogen (secondary N) is 1. The van der Waals surface area contributed by atoms with Crippen molar-refractivity contribution in [3.05, 3.63) is 52.0 Å². The van der Waals surface area contributed by atoms with Gasteiger partial charge in [-0.1, -0.05) is 23.2 Å². The monoisotopic (exact) mass is 451 g/mol. The van der Waals surface area contributed by atoms with E-state index in [1.807, 2.05) is 18.2 Å². The van der Waals surface area contributed by atoms with Crippen molar-refractivity contribution in [2.75, 3.05) is 52.3 Å². The second-order valence-corrected chi connectivity index (χ2v) is 8.06. The quantitative estimate of drug-likeness (QED) is 0.652. The number of hydrogen-bond donors (Lipinski definition) is 1. The third-order valence-corrected chi connectivity index (χ3v) is 5.77. The molecule has 0 unspecified atom stereocenters. The van der Waals surface area contributed by atoms with Crippen LogP contribution < -0.4 is 14.8 Å². The molecule has 0 saturated carbocycles. The molecule has 1 amide bonds. The van der Waals surface area contributed by atoms with E-state index in [0.29, 0.717) is 28.7 Å². The number of ether oxygens (including phenoxy) is 2. The number of amides is 1. The van der Waals surface area contributed by atoms with Crippen LogP contribution in [0.25, 0.3) is 0 Å². The van der Waals surface area contributed by atoms with Crippen molar-refractivity contribution in [3.63, 3.8) is 0 Å². The summed E-state index contributed by atoms with van der Waals surface area (Å²) in [6, 6.07) is 10.9. The molecule has 0 atom stereocenters. The van der Waals surface area contributed by atoms with Crippen LogP contribution in [-0.2, 0) is 11.3 Å². The number of benzene rings is 2. The second-order valence-electron chi connectivity index (χ2n) is 7.22. The predicted molar refractivity (Wildman–Crippen MR) is 121 cm³/mol. The Bertz CT molecular complexity index is 871. The van der Waals surface area contributed by atoms with Gasteiger partial charge in [-0.25, -0.2) is 0 Å². The fourth-order valence-corrected chi connectivity index (χ4v) is 3.82. The van der Waals surface area contributed by atoms with Gasteiger partial charge in [0.25, 0.3) is 0 Å². The lowest BCUT2D eigenvalue weighted by Crippen LogP contribution is -2.46. The molecule has 0 radical (unpaired) electrons. The molecule has 1 saturated heterocycles. The maximum absolute atomic E-state index is 12.3. The molecule has 1 heterocycles. The van der Waals surface area contributed by atoms with Gasteiger partial charge in [0.2, 0.25) is 5.91 Å². The van der Waals surface area contributed by atoms with Crippen LogP contribution in [0.4, 0.5) is 5.69 Å². The van der Waals surface area contributed by atoms with Crippen molar-refractivity contribution in [3.8, 4) is 11.5 Å². The third kappa shape index (κ3) is 6.25. The average molecular weight is 452 g/mol. The Morgan fingerprint density at radius 2 is 1.73 bits per heavy atom. The van der Waals surface area contributed by atoms with Crippen molar-refractivity contribution >= 4 is 34.8 Å². The molecule has 6 nitrogen and oxygen atoms in total. The van der Waals surface area contributed by atoms with Crippen molar-refractivity contribution < 1.29 is 14.3 Å². The zero-order valence-corrected chi connectivity index (χ0v) is 18.8. The molecule has 0 aliphatic carbocycles. The maximum atomic E-state index is 12.3. The summed E-state index contributed by atoms with van der Waals surface area (Å²) in [6.07, 6.45) is 0.409. The van der Waals surface area contributed by atoms with Crippen LogP contribution in [0.1, 0.15) is 12.0 Å². The topological polar surface area (TPSA) is 54.0 Å². The number of carbonyl (C=O) groups excluding carboxylic acids is 1. The first kappa shape index (κ1) is 22.7. The van der Waals surface area contributed by atoms with Crippen molar-refractivity contribution in [1.82, 2.24) is 9.80 Å². The zero-order valence-electron chi connectivity index (χ0n) is 17.3. The largest absolute Gasteiger partial charge is 0.497 e. The van der Waals surface area contributed by atoms with Gasteiger partial charge in [0.1, 0.15) is 11.5 Å². The van der Waals surface area contributed by atoms with Gasteiger partial charge in [0, 0.05) is 56.3 Å². The van der Waals surface area contributed by atoms with E-state index < -0.39 is 0 Å². The summed E-state index contributed by atoms with van der Waals surface area (Å²) in [5.74, 6) is 1.63. The van der Waals surface area contributed by atoms with E-state index in [-0.39, 0.29) is 5.91 Å². The first-order chi connectivity index (χ1) is 14.5. The van der Waals surface area contributed by atoms with Crippen molar-refractivity contribution in [1.29, 1.82) is 0 Å². The molecule has 30 heavy (non-hydrogen) atoms. The fraction of sp³-hybridized carbons (Fsp3) is 0.409. The van der Waals surface area contributed by atoms with Gasteiger partial charge in [0.15, 0.2) is 0 Å².